The third kappa shape index (κ3) is 3.80. The van der Waals surface area contributed by atoms with Crippen LogP contribution < -0.4 is 5.32 Å². The lowest BCUT2D eigenvalue weighted by Crippen LogP contribution is -2.38. The van der Waals surface area contributed by atoms with Crippen LogP contribution in [0.25, 0.3) is 0 Å². The fourth-order valence-electron chi connectivity index (χ4n) is 3.23. The third-order valence-corrected chi connectivity index (χ3v) is 6.42. The van der Waals surface area contributed by atoms with E-state index in [9.17, 15) is 13.2 Å². The Bertz CT molecular complexity index is 668. The van der Waals surface area contributed by atoms with Crippen molar-refractivity contribution in [2.45, 2.75) is 44.2 Å². The van der Waals surface area contributed by atoms with Crippen LogP contribution in [0, 0.1) is 0 Å². The Hall–Kier alpha value is -1.70. The zero-order valence-electron chi connectivity index (χ0n) is 13.2. The van der Waals surface area contributed by atoms with Crippen LogP contribution in [0.2, 0.25) is 0 Å². The van der Waals surface area contributed by atoms with E-state index in [2.05, 4.69) is 15.5 Å². The summed E-state index contributed by atoms with van der Waals surface area (Å²) in [5.41, 5.74) is 0.244. The van der Waals surface area contributed by atoms with Crippen LogP contribution in [0.1, 0.15) is 42.6 Å². The molecule has 8 heteroatoms. The monoisotopic (exact) mass is 338 g/mol. The first kappa shape index (κ1) is 16.2. The molecule has 2 fully saturated rings. The Morgan fingerprint density at radius 1 is 1.22 bits per heavy atom. The van der Waals surface area contributed by atoms with E-state index < -0.39 is 9.84 Å². The smallest absolute Gasteiger partial charge is 0.274 e. The predicted octanol–water partition coefficient (Wildman–Crippen LogP) is 1.09. The Labute approximate surface area is 136 Å². The zero-order chi connectivity index (χ0) is 16.4. The van der Waals surface area contributed by atoms with Crippen molar-refractivity contribution in [2.75, 3.05) is 23.9 Å². The zero-order valence-corrected chi connectivity index (χ0v) is 14.1. The number of sulfone groups is 1. The lowest BCUT2D eigenvalue weighted by Gasteiger charge is -2.22. The van der Waals surface area contributed by atoms with Gasteiger partial charge in [0.1, 0.15) is 5.82 Å². The molecule has 1 aliphatic carbocycles. The maximum atomic E-state index is 12.4. The van der Waals surface area contributed by atoms with E-state index in [4.69, 9.17) is 0 Å². The minimum absolute atomic E-state index is 0.0317. The highest BCUT2D eigenvalue weighted by molar-refractivity contribution is 7.91. The molecule has 1 unspecified atom stereocenters. The average molecular weight is 338 g/mol. The first-order chi connectivity index (χ1) is 10.9. The quantitative estimate of drug-likeness (QED) is 0.883. The van der Waals surface area contributed by atoms with Gasteiger partial charge in [-0.3, -0.25) is 4.79 Å². The van der Waals surface area contributed by atoms with Gasteiger partial charge in [-0.2, -0.15) is 0 Å². The number of carbonyl (C=O) groups is 1. The molecule has 1 aromatic rings. The number of anilines is 1. The molecule has 2 aliphatic rings. The van der Waals surface area contributed by atoms with E-state index in [0.29, 0.717) is 18.3 Å². The van der Waals surface area contributed by atoms with Gasteiger partial charge in [0.2, 0.25) is 0 Å². The second kappa shape index (κ2) is 6.43. The van der Waals surface area contributed by atoms with Crippen molar-refractivity contribution in [3.05, 3.63) is 17.8 Å². The average Bonchev–Trinajstić information content (AvgIpc) is 3.16. The number of nitrogens with zero attached hydrogens (tertiary/aromatic N) is 3. The van der Waals surface area contributed by atoms with Crippen molar-refractivity contribution in [2.24, 2.45) is 0 Å². The highest BCUT2D eigenvalue weighted by atomic mass is 32.2. The largest absolute Gasteiger partial charge is 0.366 e. The van der Waals surface area contributed by atoms with Gasteiger partial charge < -0.3 is 10.2 Å². The molecule has 2 heterocycles. The molecule has 1 atom stereocenters. The van der Waals surface area contributed by atoms with Crippen molar-refractivity contribution in [1.29, 1.82) is 0 Å². The Kier molecular flexibility index (Phi) is 4.52. The molecule has 0 bridgehead atoms. The van der Waals surface area contributed by atoms with E-state index in [1.807, 2.05) is 0 Å². The number of amides is 1. The van der Waals surface area contributed by atoms with Crippen LogP contribution in [-0.4, -0.2) is 60.1 Å². The molecule has 0 radical (unpaired) electrons. The predicted molar refractivity (Wildman–Crippen MR) is 87.1 cm³/mol. The summed E-state index contributed by atoms with van der Waals surface area (Å²) in [6.45, 7) is 0. The Morgan fingerprint density at radius 2 is 1.96 bits per heavy atom. The number of rotatable bonds is 4. The summed E-state index contributed by atoms with van der Waals surface area (Å²) in [7, 11) is -1.39. The Balaban J connectivity index is 1.63. The highest BCUT2D eigenvalue weighted by Gasteiger charge is 2.33. The summed E-state index contributed by atoms with van der Waals surface area (Å²) in [5, 5.41) is 11.4. The minimum Gasteiger partial charge on any atom is -0.366 e. The van der Waals surface area contributed by atoms with Crippen molar-refractivity contribution in [1.82, 2.24) is 15.1 Å². The fourth-order valence-corrected chi connectivity index (χ4v) is 5.00. The Morgan fingerprint density at radius 3 is 2.52 bits per heavy atom. The van der Waals surface area contributed by atoms with Gasteiger partial charge in [0, 0.05) is 19.1 Å². The molecular formula is C15H22N4O3S. The summed E-state index contributed by atoms with van der Waals surface area (Å²) in [4.78, 5) is 13.9. The first-order valence-corrected chi connectivity index (χ1v) is 9.84. The van der Waals surface area contributed by atoms with Crippen LogP contribution in [0.4, 0.5) is 5.82 Å². The van der Waals surface area contributed by atoms with Crippen LogP contribution in [-0.2, 0) is 9.84 Å². The minimum atomic E-state index is -3.02. The third-order valence-electron chi connectivity index (χ3n) is 4.67. The molecule has 1 amide bonds. The van der Waals surface area contributed by atoms with Gasteiger partial charge in [-0.25, -0.2) is 8.42 Å². The number of hydrogen-bond donors (Lipinski definition) is 1. The molecule has 1 aromatic heterocycles. The summed E-state index contributed by atoms with van der Waals surface area (Å²) >= 11 is 0. The van der Waals surface area contributed by atoms with E-state index in [0.717, 1.165) is 12.8 Å². The number of hydrogen-bond acceptors (Lipinski definition) is 6. The summed E-state index contributed by atoms with van der Waals surface area (Å²) < 4.78 is 23.1. The number of carbonyl (C=O) groups excluding carboxylic acids is 1. The molecule has 126 valence electrons. The van der Waals surface area contributed by atoms with Crippen LogP contribution in [0.5, 0.6) is 0 Å². The second-order valence-electron chi connectivity index (χ2n) is 6.40. The van der Waals surface area contributed by atoms with Crippen molar-refractivity contribution >= 4 is 21.6 Å². The topological polar surface area (TPSA) is 92.3 Å². The van der Waals surface area contributed by atoms with Gasteiger partial charge in [-0.05, 0) is 31.4 Å². The standard InChI is InChI=1S/C15H22N4O3S/c1-19(12-8-9-23(21,22)10-12)15(20)13-6-7-14(18-17-13)16-11-4-2-3-5-11/h6-7,11-12H,2-5,8-10H2,1H3,(H,16,18). The maximum absolute atomic E-state index is 12.4. The van der Waals surface area contributed by atoms with Gasteiger partial charge >= 0.3 is 0 Å². The fraction of sp³-hybridized carbons (Fsp3) is 0.667. The molecule has 0 spiro atoms. The van der Waals surface area contributed by atoms with E-state index in [1.54, 1.807) is 19.2 Å². The lowest BCUT2D eigenvalue weighted by molar-refractivity contribution is 0.0740. The van der Waals surface area contributed by atoms with Crippen LogP contribution >= 0.6 is 0 Å². The molecule has 1 N–H and O–H groups in total. The molecule has 1 saturated carbocycles. The number of nitrogens with one attached hydrogen (secondary N) is 1. The molecule has 1 aliphatic heterocycles. The normalized spacial score (nSPS) is 23.8. The molecule has 3 rings (SSSR count). The molecule has 23 heavy (non-hydrogen) atoms. The second-order valence-corrected chi connectivity index (χ2v) is 8.63. The van der Waals surface area contributed by atoms with E-state index >= 15 is 0 Å². The van der Waals surface area contributed by atoms with Gasteiger partial charge in [0.15, 0.2) is 15.5 Å². The van der Waals surface area contributed by atoms with Gasteiger partial charge in [0.05, 0.1) is 11.5 Å². The maximum Gasteiger partial charge on any atom is 0.274 e. The van der Waals surface area contributed by atoms with Gasteiger partial charge in [0.25, 0.3) is 5.91 Å². The molecular weight excluding hydrogens is 316 g/mol. The summed E-state index contributed by atoms with van der Waals surface area (Å²) in [6, 6.07) is 3.58. The van der Waals surface area contributed by atoms with Gasteiger partial charge in [-0.15, -0.1) is 10.2 Å². The van der Waals surface area contributed by atoms with Gasteiger partial charge in [-0.1, -0.05) is 12.8 Å². The molecule has 0 aromatic carbocycles. The highest BCUT2D eigenvalue weighted by Crippen LogP contribution is 2.21. The van der Waals surface area contributed by atoms with E-state index in [-0.39, 0.29) is 29.1 Å². The summed E-state index contributed by atoms with van der Waals surface area (Å²) in [6.07, 6.45) is 5.23. The molecule has 7 nitrogen and oxygen atoms in total. The first-order valence-electron chi connectivity index (χ1n) is 8.02. The SMILES string of the molecule is CN(C(=O)c1ccc(NC2CCCC2)nn1)C1CCS(=O)(=O)C1. The van der Waals surface area contributed by atoms with Crippen LogP contribution in [0.15, 0.2) is 12.1 Å². The number of aromatic nitrogens is 2. The summed E-state index contributed by atoms with van der Waals surface area (Å²) in [5.74, 6) is 0.571. The van der Waals surface area contributed by atoms with E-state index in [1.165, 1.54) is 17.7 Å². The van der Waals surface area contributed by atoms with Crippen molar-refractivity contribution in [3.8, 4) is 0 Å². The molecule has 1 saturated heterocycles. The van der Waals surface area contributed by atoms with Crippen molar-refractivity contribution < 1.29 is 13.2 Å². The van der Waals surface area contributed by atoms with Crippen LogP contribution in [0.3, 0.4) is 0 Å². The van der Waals surface area contributed by atoms with Crippen molar-refractivity contribution in [3.63, 3.8) is 0 Å². The lowest BCUT2D eigenvalue weighted by atomic mass is 10.2.